The number of rotatable bonds is 10. The van der Waals surface area contributed by atoms with Gasteiger partial charge in [0.05, 0.1) is 29.4 Å². The van der Waals surface area contributed by atoms with E-state index in [-0.39, 0.29) is 34.1 Å². The third-order valence-electron chi connectivity index (χ3n) is 6.05. The van der Waals surface area contributed by atoms with Gasteiger partial charge in [0, 0.05) is 32.3 Å². The van der Waals surface area contributed by atoms with Crippen molar-refractivity contribution in [3.05, 3.63) is 35.1 Å². The summed E-state index contributed by atoms with van der Waals surface area (Å²) in [6.45, 7) is -0.978. The molecule has 6 atom stereocenters. The van der Waals surface area contributed by atoms with E-state index in [4.69, 9.17) is 17.1 Å². The number of aromatic nitrogens is 5. The Morgan fingerprint density at radius 1 is 1.36 bits per heavy atom. The van der Waals surface area contributed by atoms with Crippen molar-refractivity contribution in [3.8, 4) is 0 Å². The summed E-state index contributed by atoms with van der Waals surface area (Å²) in [6.07, 6.45) is -9.33. The van der Waals surface area contributed by atoms with Crippen LogP contribution < -0.4 is 5.32 Å². The van der Waals surface area contributed by atoms with Crippen LogP contribution >= 0.6 is 11.8 Å². The molecule has 2 saturated carbocycles. The zero-order valence-corrected chi connectivity index (χ0v) is 20.1. The van der Waals surface area contributed by atoms with Crippen molar-refractivity contribution in [3.63, 3.8) is 0 Å². The lowest BCUT2D eigenvalue weighted by atomic mass is 10.1. The van der Waals surface area contributed by atoms with Crippen LogP contribution in [0.15, 0.2) is 23.4 Å². The highest BCUT2D eigenvalue weighted by Gasteiger charge is 2.45. The van der Waals surface area contributed by atoms with Gasteiger partial charge in [-0.25, -0.2) is 19.0 Å². The molecule has 5 rings (SSSR count). The predicted molar refractivity (Wildman–Crippen MR) is 133 cm³/mol. The molecule has 0 amide bonds. The first-order valence-corrected chi connectivity index (χ1v) is 12.0. The Morgan fingerprint density at radius 2 is 2.19 bits per heavy atom. The van der Waals surface area contributed by atoms with Crippen LogP contribution in [0.3, 0.4) is 0 Å². The quantitative estimate of drug-likeness (QED) is 0.229. The number of hydrogen-bond donors (Lipinski definition) is 4. The lowest BCUT2D eigenvalue weighted by Gasteiger charge is -2.17. The number of ether oxygens (including phenoxy) is 1. The summed E-state index contributed by atoms with van der Waals surface area (Å²) in [7, 11) is 0. The molecule has 12 heteroatoms. The van der Waals surface area contributed by atoms with Gasteiger partial charge in [-0.05, 0) is 36.9 Å². The summed E-state index contributed by atoms with van der Waals surface area (Å²) in [5, 5.41) is 41.1. The fourth-order valence-electron chi connectivity index (χ4n) is 4.12. The number of thioether (sulfide) groups is 1. The Kier molecular flexibility index (Phi) is 4.82. The van der Waals surface area contributed by atoms with Crippen LogP contribution in [-0.4, -0.2) is 83.5 Å². The molecule has 194 valence electrons. The number of aliphatic hydroxyl groups is 3. The summed E-state index contributed by atoms with van der Waals surface area (Å²) >= 11 is 0.305. The van der Waals surface area contributed by atoms with Crippen LogP contribution in [0, 0.1) is 12.7 Å². The van der Waals surface area contributed by atoms with Crippen molar-refractivity contribution < 1.29 is 36.8 Å². The van der Waals surface area contributed by atoms with Gasteiger partial charge in [-0.2, -0.15) is 0 Å². The summed E-state index contributed by atoms with van der Waals surface area (Å²) in [5.41, 5.74) is -2.33. The average molecular weight is 528 g/mol. The number of benzene rings is 1. The highest BCUT2D eigenvalue weighted by Crippen LogP contribution is 2.44. The van der Waals surface area contributed by atoms with Gasteiger partial charge in [0.25, 0.3) is 0 Å². The van der Waals surface area contributed by atoms with E-state index >= 15 is 0 Å². The Bertz CT molecular complexity index is 1620. The van der Waals surface area contributed by atoms with Gasteiger partial charge in [0.2, 0.25) is 0 Å². The van der Waals surface area contributed by atoms with Crippen LogP contribution in [0.4, 0.5) is 10.2 Å². The summed E-state index contributed by atoms with van der Waals surface area (Å²) < 4.78 is 94.3. The number of aryl methyl sites for hydroxylation is 1. The molecule has 2 aliphatic rings. The van der Waals surface area contributed by atoms with Gasteiger partial charge < -0.3 is 25.4 Å². The number of fused-ring (bicyclic) bond motifs is 1. The number of nitrogens with zero attached hydrogens (tertiary/aromatic N) is 5. The maximum absolute atomic E-state index is 14.4. The van der Waals surface area contributed by atoms with Crippen molar-refractivity contribution in [2.45, 2.75) is 74.5 Å². The molecule has 0 spiro atoms. The SMILES string of the molecule is [2H]C([2H])(CO)O[C@H]1C[C@@H](n2nnc3c(N[C@@]4([2H])[C@H](c5ccc(C)c(F)c5)C4([2H])[2H])nc(SC([2H])([2H])C([2H])([2H])C)nc32)[C@H](O)[C@@H]1O. The first kappa shape index (κ1) is 16.5. The van der Waals surface area contributed by atoms with Crippen molar-refractivity contribution in [1.29, 1.82) is 0 Å². The Labute approximate surface area is 224 Å². The van der Waals surface area contributed by atoms with E-state index in [0.29, 0.717) is 17.3 Å². The van der Waals surface area contributed by atoms with Crippen LogP contribution in [0.2, 0.25) is 0 Å². The summed E-state index contributed by atoms with van der Waals surface area (Å²) in [6, 6.07) is 0.880. The zero-order valence-electron chi connectivity index (χ0n) is 28.3. The molecule has 0 unspecified atom stereocenters. The molecule has 0 saturated heterocycles. The topological polar surface area (TPSA) is 138 Å². The van der Waals surface area contributed by atoms with E-state index in [9.17, 15) is 19.7 Å². The molecule has 3 aromatic rings. The zero-order chi connectivity index (χ0) is 33.5. The minimum absolute atomic E-state index is 0.140. The molecule has 1 aromatic carbocycles. The molecule has 0 bridgehead atoms. The van der Waals surface area contributed by atoms with E-state index in [0.717, 1.165) is 17.7 Å². The molecule has 10 nitrogen and oxygen atoms in total. The van der Waals surface area contributed by atoms with Crippen molar-refractivity contribution in [1.82, 2.24) is 25.0 Å². The fraction of sp³-hybridized carbons (Fsp3) is 0.583. The third-order valence-corrected chi connectivity index (χ3v) is 6.72. The number of halogens is 1. The Morgan fingerprint density at radius 3 is 2.94 bits per heavy atom. The minimum atomic E-state index is -2.58. The molecule has 2 aromatic heterocycles. The fourth-order valence-corrected chi connectivity index (χ4v) is 4.58. The predicted octanol–water partition coefficient (Wildman–Crippen LogP) is 2.18. The molecule has 0 aliphatic heterocycles. The van der Waals surface area contributed by atoms with Crippen LogP contribution in [0.5, 0.6) is 0 Å². The second kappa shape index (κ2) is 10.5. The highest BCUT2D eigenvalue weighted by molar-refractivity contribution is 7.99. The number of anilines is 1. The monoisotopic (exact) mass is 527 g/mol. The molecule has 2 aliphatic carbocycles. The molecule has 0 radical (unpaired) electrons. The standard InChI is InChI=1S/C24H31FN6O4S/c1-3-8-36-24-27-22(26-16-10-14(16)13-5-4-12(2)15(25)9-13)19-23(28-24)31(30-29-19)17-11-18(35-7-6-32)21(34)20(17)33/h4-5,9,14,16-18,20-21,32-34H,3,6-8,10-11H2,1-2H3,(H,26,27,28)/t14-,16+,17+,18-,20-,21+/m0/s1/i3D2,7D2,8D2,10D2,16D. The molecule has 4 N–H and O–H groups in total. The van der Waals surface area contributed by atoms with E-state index in [1.54, 1.807) is 6.92 Å². The number of aliphatic hydroxyl groups excluding tert-OH is 3. The molecular weight excluding hydrogens is 487 g/mol. The van der Waals surface area contributed by atoms with Gasteiger partial charge in [-0.15, -0.1) is 5.10 Å². The van der Waals surface area contributed by atoms with Crippen molar-refractivity contribution in [2.75, 3.05) is 24.2 Å². The average Bonchev–Trinajstić information content (AvgIpc) is 3.20. The van der Waals surface area contributed by atoms with Crippen LogP contribution in [0.25, 0.3) is 11.2 Å². The van der Waals surface area contributed by atoms with Gasteiger partial charge in [-0.1, -0.05) is 36.0 Å². The summed E-state index contributed by atoms with van der Waals surface area (Å²) in [5.74, 6) is -2.02. The second-order valence-electron chi connectivity index (χ2n) is 8.38. The molecular formula is C24H31FN6O4S. The Balaban J connectivity index is 1.57. The maximum Gasteiger partial charge on any atom is 0.191 e. The van der Waals surface area contributed by atoms with Gasteiger partial charge in [0.15, 0.2) is 22.1 Å². The van der Waals surface area contributed by atoms with E-state index < -0.39 is 73.7 Å². The molecule has 2 heterocycles. The first-order chi connectivity index (χ1) is 20.6. The van der Waals surface area contributed by atoms with Crippen molar-refractivity contribution >= 4 is 28.7 Å². The third kappa shape index (κ3) is 4.92. The smallest absolute Gasteiger partial charge is 0.191 e. The molecule has 2 fully saturated rings. The number of nitrogens with one attached hydrogen (secondary N) is 1. The van der Waals surface area contributed by atoms with E-state index in [1.807, 2.05) is 0 Å². The molecule has 36 heavy (non-hydrogen) atoms. The van der Waals surface area contributed by atoms with Gasteiger partial charge >= 0.3 is 0 Å². The maximum atomic E-state index is 14.4. The van der Waals surface area contributed by atoms with E-state index in [1.165, 1.54) is 12.1 Å². The van der Waals surface area contributed by atoms with E-state index in [2.05, 4.69) is 25.6 Å². The van der Waals surface area contributed by atoms with Crippen LogP contribution in [0.1, 0.15) is 61.5 Å². The lowest BCUT2D eigenvalue weighted by Crippen LogP contribution is -2.33. The summed E-state index contributed by atoms with van der Waals surface area (Å²) in [4.78, 5) is 8.53. The van der Waals surface area contributed by atoms with Gasteiger partial charge in [0.1, 0.15) is 18.0 Å². The highest BCUT2D eigenvalue weighted by atomic mass is 32.2. The first-order valence-electron chi connectivity index (χ1n) is 15.6. The largest absolute Gasteiger partial charge is 0.394 e. The minimum Gasteiger partial charge on any atom is -0.394 e. The normalized spacial score (nSPS) is 35.9. The Hall–Kier alpha value is -2.38. The lowest BCUT2D eigenvalue weighted by molar-refractivity contribution is -0.0629. The van der Waals surface area contributed by atoms with Crippen LogP contribution in [-0.2, 0) is 4.74 Å². The van der Waals surface area contributed by atoms with Gasteiger partial charge in [-0.3, -0.25) is 0 Å². The number of hydrogen-bond acceptors (Lipinski definition) is 10. The van der Waals surface area contributed by atoms with Crippen molar-refractivity contribution in [2.24, 2.45) is 0 Å². The second-order valence-corrected chi connectivity index (χ2v) is 9.16.